The summed E-state index contributed by atoms with van der Waals surface area (Å²) in [6.45, 7) is 5.16. The zero-order chi connectivity index (χ0) is 15.6. The van der Waals surface area contributed by atoms with E-state index in [4.69, 9.17) is 5.73 Å². The van der Waals surface area contributed by atoms with E-state index in [1.165, 1.54) is 12.8 Å². The lowest BCUT2D eigenvalue weighted by Gasteiger charge is -2.22. The maximum Gasteiger partial charge on any atom is 0.239 e. The molecule has 1 aliphatic heterocycles. The van der Waals surface area contributed by atoms with Crippen LogP contribution < -0.4 is 11.1 Å². The number of carbonyl (C=O) groups excluding carboxylic acids is 1. The maximum atomic E-state index is 12.3. The van der Waals surface area contributed by atoms with Crippen molar-refractivity contribution in [2.45, 2.75) is 45.1 Å². The second-order valence-corrected chi connectivity index (χ2v) is 7.12. The summed E-state index contributed by atoms with van der Waals surface area (Å²) < 4.78 is 1.99. The number of hydrogen-bond donors (Lipinski definition) is 2. The van der Waals surface area contributed by atoms with Crippen LogP contribution in [0.2, 0.25) is 0 Å². The number of nitrogens with zero attached hydrogens (tertiary/aromatic N) is 3. The predicted octanol–water partition coefficient (Wildman–Crippen LogP) is 1.61. The highest BCUT2D eigenvalue weighted by Crippen LogP contribution is 2.31. The molecular weight excluding hydrogens is 278 g/mol. The third-order valence-corrected chi connectivity index (χ3v) is 5.11. The molecule has 2 heterocycles. The van der Waals surface area contributed by atoms with Crippen molar-refractivity contribution >= 4 is 11.7 Å². The summed E-state index contributed by atoms with van der Waals surface area (Å²) in [6.07, 6.45) is 7.66. The number of aromatic nitrogens is 2. The van der Waals surface area contributed by atoms with Gasteiger partial charge in [0.2, 0.25) is 5.91 Å². The number of nitrogens with one attached hydrogen (secondary N) is 1. The number of anilines is 1. The zero-order valence-electron chi connectivity index (χ0n) is 13.4. The van der Waals surface area contributed by atoms with E-state index in [1.54, 1.807) is 6.20 Å². The molecule has 1 saturated carbocycles. The summed E-state index contributed by atoms with van der Waals surface area (Å²) in [5.41, 5.74) is 5.98. The molecule has 1 aromatic rings. The summed E-state index contributed by atoms with van der Waals surface area (Å²) in [4.78, 5) is 14.5. The molecule has 1 aliphatic carbocycles. The third-order valence-electron chi connectivity index (χ3n) is 5.11. The molecule has 1 atom stereocenters. The Labute approximate surface area is 132 Å². The SMILES string of the molecule is CC1(CN)CCN(CC(=O)Nc2ccnn2C2CCCC2)C1. The van der Waals surface area contributed by atoms with E-state index < -0.39 is 0 Å². The first kappa shape index (κ1) is 15.5. The van der Waals surface area contributed by atoms with Gasteiger partial charge in [0.25, 0.3) is 0 Å². The number of likely N-dealkylation sites (tertiary alicyclic amines) is 1. The molecule has 0 spiro atoms. The van der Waals surface area contributed by atoms with Gasteiger partial charge in [-0.05, 0) is 37.8 Å². The van der Waals surface area contributed by atoms with Gasteiger partial charge in [0.1, 0.15) is 5.82 Å². The van der Waals surface area contributed by atoms with Crippen molar-refractivity contribution < 1.29 is 4.79 Å². The van der Waals surface area contributed by atoms with Gasteiger partial charge in [-0.1, -0.05) is 19.8 Å². The zero-order valence-corrected chi connectivity index (χ0v) is 13.4. The lowest BCUT2D eigenvalue weighted by molar-refractivity contribution is -0.117. The number of nitrogens with two attached hydrogens (primary N) is 1. The molecule has 1 aromatic heterocycles. The molecule has 0 aromatic carbocycles. The summed E-state index contributed by atoms with van der Waals surface area (Å²) >= 11 is 0. The molecule has 2 aliphatic rings. The van der Waals surface area contributed by atoms with Crippen molar-refractivity contribution in [1.29, 1.82) is 0 Å². The summed E-state index contributed by atoms with van der Waals surface area (Å²) in [6, 6.07) is 2.34. The molecule has 1 unspecified atom stereocenters. The smallest absolute Gasteiger partial charge is 0.239 e. The number of rotatable bonds is 5. The van der Waals surface area contributed by atoms with Gasteiger partial charge in [-0.25, -0.2) is 4.68 Å². The molecular formula is C16H27N5O. The fourth-order valence-corrected chi connectivity index (χ4v) is 3.67. The Balaban J connectivity index is 1.55. The normalized spacial score (nSPS) is 26.6. The maximum absolute atomic E-state index is 12.3. The third kappa shape index (κ3) is 3.33. The Bertz CT molecular complexity index is 522. The number of carbonyl (C=O) groups is 1. The van der Waals surface area contributed by atoms with E-state index >= 15 is 0 Å². The fourth-order valence-electron chi connectivity index (χ4n) is 3.67. The average Bonchev–Trinajstić information content (AvgIpc) is 3.20. The first-order valence-electron chi connectivity index (χ1n) is 8.35. The fraction of sp³-hybridized carbons (Fsp3) is 0.750. The van der Waals surface area contributed by atoms with Crippen LogP contribution in [0.15, 0.2) is 12.3 Å². The van der Waals surface area contributed by atoms with Gasteiger partial charge in [0, 0.05) is 12.6 Å². The summed E-state index contributed by atoms with van der Waals surface area (Å²) in [5.74, 6) is 0.874. The second kappa shape index (κ2) is 6.38. The van der Waals surface area contributed by atoms with Crippen molar-refractivity contribution in [3.05, 3.63) is 12.3 Å². The highest BCUT2D eigenvalue weighted by atomic mass is 16.2. The lowest BCUT2D eigenvalue weighted by atomic mass is 9.90. The molecule has 0 bridgehead atoms. The van der Waals surface area contributed by atoms with Crippen LogP contribution in [0.25, 0.3) is 0 Å². The molecule has 6 nitrogen and oxygen atoms in total. The topological polar surface area (TPSA) is 76.2 Å². The Hall–Kier alpha value is -1.40. The molecule has 1 amide bonds. The number of hydrogen-bond acceptors (Lipinski definition) is 4. The molecule has 3 rings (SSSR count). The largest absolute Gasteiger partial charge is 0.330 e. The van der Waals surface area contributed by atoms with Crippen LogP contribution >= 0.6 is 0 Å². The molecule has 6 heteroatoms. The van der Waals surface area contributed by atoms with Crippen molar-refractivity contribution in [3.63, 3.8) is 0 Å². The standard InChI is InChI=1S/C16H27N5O/c1-16(11-17)7-9-20(12-16)10-15(22)19-14-6-8-18-21(14)13-4-2-3-5-13/h6,8,13H,2-5,7,9-12,17H2,1H3,(H,19,22). The first-order valence-corrected chi connectivity index (χ1v) is 8.35. The van der Waals surface area contributed by atoms with Crippen molar-refractivity contribution in [1.82, 2.24) is 14.7 Å². The molecule has 3 N–H and O–H groups in total. The van der Waals surface area contributed by atoms with Crippen LogP contribution in [0.1, 0.15) is 45.1 Å². The quantitative estimate of drug-likeness (QED) is 0.866. The van der Waals surface area contributed by atoms with Crippen molar-refractivity contribution in [2.24, 2.45) is 11.1 Å². The van der Waals surface area contributed by atoms with Gasteiger partial charge in [0.15, 0.2) is 0 Å². The van der Waals surface area contributed by atoms with Crippen LogP contribution in [0, 0.1) is 5.41 Å². The predicted molar refractivity (Wildman–Crippen MR) is 86.6 cm³/mol. The molecule has 1 saturated heterocycles. The second-order valence-electron chi connectivity index (χ2n) is 7.12. The molecule has 0 radical (unpaired) electrons. The van der Waals surface area contributed by atoms with Crippen LogP contribution in [0.3, 0.4) is 0 Å². The minimum Gasteiger partial charge on any atom is -0.330 e. The summed E-state index contributed by atoms with van der Waals surface area (Å²) in [5, 5.41) is 7.42. The minimum atomic E-state index is 0.0426. The van der Waals surface area contributed by atoms with E-state index in [0.29, 0.717) is 19.1 Å². The van der Waals surface area contributed by atoms with Gasteiger partial charge in [0.05, 0.1) is 18.8 Å². The first-order chi connectivity index (χ1) is 10.6. The summed E-state index contributed by atoms with van der Waals surface area (Å²) in [7, 11) is 0. The lowest BCUT2D eigenvalue weighted by Crippen LogP contribution is -2.35. The highest BCUT2D eigenvalue weighted by Gasteiger charge is 2.33. The average molecular weight is 305 g/mol. The van der Waals surface area contributed by atoms with Gasteiger partial charge in [-0.3, -0.25) is 9.69 Å². The Morgan fingerprint density at radius 1 is 1.50 bits per heavy atom. The van der Waals surface area contributed by atoms with E-state index in [-0.39, 0.29) is 11.3 Å². The van der Waals surface area contributed by atoms with Crippen molar-refractivity contribution in [3.8, 4) is 0 Å². The molecule has 122 valence electrons. The van der Waals surface area contributed by atoms with Crippen LogP contribution in [-0.4, -0.2) is 46.8 Å². The van der Waals surface area contributed by atoms with E-state index in [9.17, 15) is 4.79 Å². The van der Waals surface area contributed by atoms with Gasteiger partial charge in [-0.15, -0.1) is 0 Å². The van der Waals surface area contributed by atoms with E-state index in [2.05, 4.69) is 22.2 Å². The van der Waals surface area contributed by atoms with Crippen LogP contribution in [-0.2, 0) is 4.79 Å². The van der Waals surface area contributed by atoms with Crippen molar-refractivity contribution in [2.75, 3.05) is 31.5 Å². The van der Waals surface area contributed by atoms with Gasteiger partial charge < -0.3 is 11.1 Å². The van der Waals surface area contributed by atoms with Crippen LogP contribution in [0.5, 0.6) is 0 Å². The van der Waals surface area contributed by atoms with Crippen LogP contribution in [0.4, 0.5) is 5.82 Å². The Kier molecular flexibility index (Phi) is 4.49. The number of amides is 1. The monoisotopic (exact) mass is 305 g/mol. The van der Waals surface area contributed by atoms with Gasteiger partial charge in [-0.2, -0.15) is 5.10 Å². The molecule has 22 heavy (non-hydrogen) atoms. The van der Waals surface area contributed by atoms with E-state index in [0.717, 1.165) is 38.2 Å². The highest BCUT2D eigenvalue weighted by molar-refractivity contribution is 5.91. The minimum absolute atomic E-state index is 0.0426. The Morgan fingerprint density at radius 2 is 2.27 bits per heavy atom. The molecule has 2 fully saturated rings. The Morgan fingerprint density at radius 3 is 2.95 bits per heavy atom. The van der Waals surface area contributed by atoms with E-state index in [1.807, 2.05) is 10.7 Å². The van der Waals surface area contributed by atoms with Gasteiger partial charge >= 0.3 is 0 Å².